The lowest BCUT2D eigenvalue weighted by Gasteiger charge is -2.13. The number of nitrogens with zero attached hydrogens (tertiary/aromatic N) is 2. The zero-order chi connectivity index (χ0) is 19.6. The van der Waals surface area contributed by atoms with Crippen molar-refractivity contribution >= 4 is 28.6 Å². The average Bonchev–Trinajstić information content (AvgIpc) is 3.12. The van der Waals surface area contributed by atoms with E-state index in [0.29, 0.717) is 5.92 Å². The molecule has 1 aliphatic carbocycles. The number of halogens is 1. The monoisotopic (exact) mass is 411 g/mol. The minimum absolute atomic E-state index is 0.315. The molecule has 1 aromatic carbocycles. The van der Waals surface area contributed by atoms with Crippen LogP contribution in [0.15, 0.2) is 33.8 Å². The predicted octanol–water partition coefficient (Wildman–Crippen LogP) is 5.27. The normalized spacial score (nSPS) is 22.6. The van der Waals surface area contributed by atoms with E-state index in [1.807, 2.05) is 37.4 Å². The highest BCUT2D eigenvalue weighted by Gasteiger charge is 2.60. The van der Waals surface area contributed by atoms with E-state index >= 15 is 0 Å². The van der Waals surface area contributed by atoms with Crippen molar-refractivity contribution in [3.63, 3.8) is 0 Å². The van der Waals surface area contributed by atoms with Crippen molar-refractivity contribution in [3.05, 3.63) is 62.3 Å². The fraction of sp³-hybridized carbons (Fsp3) is 0.364. The minimum Gasteiger partial charge on any atom is -0.361 e. The Kier molecular flexibility index (Phi) is 4.06. The van der Waals surface area contributed by atoms with Crippen LogP contribution in [0.4, 0.5) is 0 Å². The highest BCUT2D eigenvalue weighted by molar-refractivity contribution is 7.16. The van der Waals surface area contributed by atoms with E-state index in [2.05, 4.69) is 36.5 Å². The Hall–Kier alpha value is -1.95. The second kappa shape index (κ2) is 6.28. The molecule has 0 amide bonds. The van der Waals surface area contributed by atoms with Crippen molar-refractivity contribution in [2.75, 3.05) is 13.6 Å². The number of nitrogens with one attached hydrogen (secondary N) is 1. The third-order valence-corrected chi connectivity index (χ3v) is 7.55. The number of aryl methyl sites for hydroxylation is 2. The van der Waals surface area contributed by atoms with Crippen LogP contribution in [-0.2, 0) is 5.54 Å². The molecule has 5 rings (SSSR count). The molecule has 0 saturated heterocycles. The Morgan fingerprint density at radius 1 is 1.21 bits per heavy atom. The molecule has 2 aromatic heterocycles. The van der Waals surface area contributed by atoms with Crippen molar-refractivity contribution < 1.29 is 4.52 Å². The molecular weight excluding hydrogens is 390 g/mol. The van der Waals surface area contributed by atoms with Crippen molar-refractivity contribution in [1.29, 1.82) is 0 Å². The van der Waals surface area contributed by atoms with E-state index < -0.39 is 0 Å². The summed E-state index contributed by atoms with van der Waals surface area (Å²) >= 11 is 7.97. The number of hydrogen-bond donors (Lipinski definition) is 1. The van der Waals surface area contributed by atoms with Crippen molar-refractivity contribution in [2.45, 2.75) is 32.7 Å². The Bertz CT molecular complexity index is 1110. The molecule has 1 aliphatic heterocycles. The van der Waals surface area contributed by atoms with Gasteiger partial charge in [0.25, 0.3) is 0 Å². The van der Waals surface area contributed by atoms with E-state index in [4.69, 9.17) is 21.1 Å². The third kappa shape index (κ3) is 2.46. The summed E-state index contributed by atoms with van der Waals surface area (Å²) in [6.45, 7) is 7.28. The van der Waals surface area contributed by atoms with E-state index in [-0.39, 0.29) is 5.54 Å². The largest absolute Gasteiger partial charge is 0.361 e. The molecule has 3 aromatic rings. The summed E-state index contributed by atoms with van der Waals surface area (Å²) in [6.07, 6.45) is 0.983. The van der Waals surface area contributed by atoms with Crippen LogP contribution in [0.5, 0.6) is 0 Å². The molecule has 3 heterocycles. The van der Waals surface area contributed by atoms with E-state index in [1.54, 1.807) is 0 Å². The van der Waals surface area contributed by atoms with Crippen LogP contribution in [0.25, 0.3) is 10.4 Å². The van der Waals surface area contributed by atoms with Gasteiger partial charge >= 0.3 is 0 Å². The van der Waals surface area contributed by atoms with E-state index in [9.17, 15) is 0 Å². The predicted molar refractivity (Wildman–Crippen MR) is 115 cm³/mol. The fourth-order valence-corrected chi connectivity index (χ4v) is 5.76. The highest BCUT2D eigenvalue weighted by Crippen LogP contribution is 2.60. The first kappa shape index (κ1) is 18.1. The van der Waals surface area contributed by atoms with Gasteiger partial charge in [-0.05, 0) is 51.9 Å². The van der Waals surface area contributed by atoms with Gasteiger partial charge in [0.15, 0.2) is 0 Å². The molecule has 0 radical (unpaired) electrons. The van der Waals surface area contributed by atoms with Crippen LogP contribution in [0, 0.1) is 26.7 Å². The second-order valence-electron chi connectivity index (χ2n) is 7.80. The van der Waals surface area contributed by atoms with Gasteiger partial charge in [0.2, 0.25) is 0 Å². The Balaban J connectivity index is 1.82. The number of rotatable bonds is 3. The van der Waals surface area contributed by atoms with Crippen LogP contribution in [-0.4, -0.2) is 24.5 Å². The zero-order valence-electron chi connectivity index (χ0n) is 16.4. The molecule has 2 unspecified atom stereocenters. The average molecular weight is 412 g/mol. The summed E-state index contributed by atoms with van der Waals surface area (Å²) in [6, 6.07) is 8.02. The summed E-state index contributed by atoms with van der Waals surface area (Å²) < 4.78 is 5.69. The Labute approximate surface area is 173 Å². The van der Waals surface area contributed by atoms with E-state index in [1.165, 1.54) is 20.9 Å². The topological polar surface area (TPSA) is 50.4 Å². The van der Waals surface area contributed by atoms with Gasteiger partial charge in [0, 0.05) is 38.4 Å². The molecule has 28 heavy (non-hydrogen) atoms. The molecule has 6 heteroatoms. The van der Waals surface area contributed by atoms with Gasteiger partial charge in [0.05, 0.1) is 11.3 Å². The maximum atomic E-state index is 6.16. The first-order chi connectivity index (χ1) is 13.5. The third-order valence-electron chi connectivity index (χ3n) is 6.07. The lowest BCUT2D eigenvalue weighted by atomic mass is 9.96. The summed E-state index contributed by atoms with van der Waals surface area (Å²) in [5.41, 5.74) is 6.46. The number of benzene rings is 1. The Morgan fingerprint density at radius 2 is 1.96 bits per heavy atom. The molecular formula is C22H22ClN3OS. The number of hydrogen-bond acceptors (Lipinski definition) is 5. The SMILES string of the molecule is CNCC1CC12N=C(c1ccc(Cl)cc1)c1c(sc(C)c1C)-c1c2noc1C. The summed E-state index contributed by atoms with van der Waals surface area (Å²) in [5.74, 6) is 1.29. The lowest BCUT2D eigenvalue weighted by molar-refractivity contribution is 0.381. The molecule has 1 fully saturated rings. The van der Waals surface area contributed by atoms with Gasteiger partial charge in [0.1, 0.15) is 17.0 Å². The van der Waals surface area contributed by atoms with Gasteiger partial charge < -0.3 is 9.84 Å². The van der Waals surface area contributed by atoms with Crippen molar-refractivity contribution in [2.24, 2.45) is 10.9 Å². The quantitative estimate of drug-likeness (QED) is 0.638. The van der Waals surface area contributed by atoms with Crippen LogP contribution in [0.1, 0.15) is 39.4 Å². The number of fused-ring (bicyclic) bond motifs is 4. The smallest absolute Gasteiger partial charge is 0.142 e. The van der Waals surface area contributed by atoms with Gasteiger partial charge in [-0.2, -0.15) is 0 Å². The maximum absolute atomic E-state index is 6.16. The first-order valence-corrected chi connectivity index (χ1v) is 10.7. The van der Waals surface area contributed by atoms with Gasteiger partial charge in [-0.15, -0.1) is 11.3 Å². The van der Waals surface area contributed by atoms with Gasteiger partial charge in [-0.1, -0.05) is 28.9 Å². The van der Waals surface area contributed by atoms with Crippen molar-refractivity contribution in [3.8, 4) is 10.4 Å². The van der Waals surface area contributed by atoms with Crippen molar-refractivity contribution in [1.82, 2.24) is 10.5 Å². The molecule has 2 aliphatic rings. The zero-order valence-corrected chi connectivity index (χ0v) is 18.0. The maximum Gasteiger partial charge on any atom is 0.142 e. The lowest BCUT2D eigenvalue weighted by Crippen LogP contribution is -2.19. The van der Waals surface area contributed by atoms with Crippen LogP contribution >= 0.6 is 22.9 Å². The number of aliphatic imine (C=N–C) groups is 1. The summed E-state index contributed by atoms with van der Waals surface area (Å²) in [4.78, 5) is 7.94. The minimum atomic E-state index is -0.315. The molecule has 1 spiro atoms. The van der Waals surface area contributed by atoms with Crippen LogP contribution in [0.3, 0.4) is 0 Å². The fourth-order valence-electron chi connectivity index (χ4n) is 4.38. The molecule has 4 nitrogen and oxygen atoms in total. The molecule has 0 bridgehead atoms. The number of thiophene rings is 1. The molecule has 144 valence electrons. The first-order valence-electron chi connectivity index (χ1n) is 9.54. The summed E-state index contributed by atoms with van der Waals surface area (Å²) in [5, 5.41) is 8.57. The van der Waals surface area contributed by atoms with Crippen LogP contribution < -0.4 is 5.32 Å². The van der Waals surface area contributed by atoms with Gasteiger partial charge in [-0.3, -0.25) is 4.99 Å². The molecule has 1 saturated carbocycles. The van der Waals surface area contributed by atoms with Crippen LogP contribution in [0.2, 0.25) is 5.02 Å². The second-order valence-corrected chi connectivity index (χ2v) is 9.46. The standard InChI is InChI=1S/C22H22ClN3OS/c1-11-13(3)28-20-17(11)19(14-5-7-16(23)8-6-14)25-22(9-15(22)10-24-4)21-18(20)12(2)27-26-21/h5-8,15,24H,9-10H2,1-4H3. The molecule has 1 N–H and O–H groups in total. The van der Waals surface area contributed by atoms with Gasteiger partial charge in [-0.25, -0.2) is 0 Å². The summed E-state index contributed by atoms with van der Waals surface area (Å²) in [7, 11) is 1.99. The highest BCUT2D eigenvalue weighted by atomic mass is 35.5. The Morgan fingerprint density at radius 3 is 2.68 bits per heavy atom. The number of aromatic nitrogens is 1. The van der Waals surface area contributed by atoms with E-state index in [0.717, 1.165) is 46.3 Å². The molecule has 2 atom stereocenters.